The molecule has 0 aromatic carbocycles. The molecule has 0 radical (unpaired) electrons. The first-order valence-corrected chi connectivity index (χ1v) is 6.12. The lowest BCUT2D eigenvalue weighted by Gasteiger charge is -2.11. The summed E-state index contributed by atoms with van der Waals surface area (Å²) >= 11 is 0. The topological polar surface area (TPSA) is 33.1 Å². The van der Waals surface area contributed by atoms with E-state index in [1.54, 1.807) is 0 Å². The molecule has 1 aromatic rings. The van der Waals surface area contributed by atoms with E-state index in [1.165, 1.54) is 12.0 Å². The molecule has 1 unspecified atom stereocenters. The highest BCUT2D eigenvalue weighted by molar-refractivity contribution is 5.40. The Bertz CT molecular complexity index is 409. The summed E-state index contributed by atoms with van der Waals surface area (Å²) in [7, 11) is 0. The van der Waals surface area contributed by atoms with Crippen LogP contribution in [0.4, 0.5) is 0 Å². The van der Waals surface area contributed by atoms with Gasteiger partial charge in [-0.2, -0.15) is 0 Å². The molecule has 1 atom stereocenters. The predicted octanol–water partition coefficient (Wildman–Crippen LogP) is 3.25. The Morgan fingerprint density at radius 3 is 2.62 bits per heavy atom. The van der Waals surface area contributed by atoms with Crippen molar-refractivity contribution in [3.63, 3.8) is 0 Å². The summed E-state index contributed by atoms with van der Waals surface area (Å²) < 4.78 is 0. The van der Waals surface area contributed by atoms with Crippen LogP contribution in [0.2, 0.25) is 0 Å². The van der Waals surface area contributed by atoms with Crippen molar-refractivity contribution in [3.05, 3.63) is 23.0 Å². The molecule has 0 bridgehead atoms. The van der Waals surface area contributed by atoms with E-state index in [-0.39, 0.29) is 0 Å². The molecule has 16 heavy (non-hydrogen) atoms. The number of rotatable bonds is 3. The fourth-order valence-electron chi connectivity index (χ4n) is 2.34. The van der Waals surface area contributed by atoms with Gasteiger partial charge in [0.2, 0.25) is 0 Å². The summed E-state index contributed by atoms with van der Waals surface area (Å²) in [5.41, 5.74) is 3.54. The van der Waals surface area contributed by atoms with Crippen LogP contribution < -0.4 is 0 Å². The number of aromatic hydroxyl groups is 1. The van der Waals surface area contributed by atoms with E-state index in [0.29, 0.717) is 11.2 Å². The molecule has 1 aliphatic rings. The summed E-state index contributed by atoms with van der Waals surface area (Å²) in [5, 5.41) is 9.98. The zero-order chi connectivity index (χ0) is 11.9. The highest BCUT2D eigenvalue weighted by atomic mass is 16.3. The molecule has 2 nitrogen and oxygen atoms in total. The number of aromatic nitrogens is 1. The van der Waals surface area contributed by atoms with E-state index in [9.17, 15) is 5.11 Å². The molecule has 88 valence electrons. The standard InChI is InChI=1S/C14H21NO/c1-5-12-13(16)9(2)10(8-15-12)6-11-7-14(11,3)4/h8,11,16H,5-7H2,1-4H3. The van der Waals surface area contributed by atoms with Crippen LogP contribution in [0, 0.1) is 18.3 Å². The molecule has 1 N–H and O–H groups in total. The van der Waals surface area contributed by atoms with E-state index >= 15 is 0 Å². The van der Waals surface area contributed by atoms with Gasteiger partial charge >= 0.3 is 0 Å². The second-order valence-corrected chi connectivity index (χ2v) is 5.65. The van der Waals surface area contributed by atoms with E-state index in [1.807, 2.05) is 20.0 Å². The van der Waals surface area contributed by atoms with Gasteiger partial charge in [0.25, 0.3) is 0 Å². The van der Waals surface area contributed by atoms with Crippen molar-refractivity contribution in [1.29, 1.82) is 0 Å². The molecule has 1 aromatic heterocycles. The molecule has 1 aliphatic carbocycles. The Morgan fingerprint density at radius 2 is 2.12 bits per heavy atom. The van der Waals surface area contributed by atoms with Crippen molar-refractivity contribution >= 4 is 0 Å². The van der Waals surface area contributed by atoms with Gasteiger partial charge in [-0.25, -0.2) is 0 Å². The minimum Gasteiger partial charge on any atom is -0.506 e. The van der Waals surface area contributed by atoms with Crippen molar-refractivity contribution < 1.29 is 5.11 Å². The summed E-state index contributed by atoms with van der Waals surface area (Å²) in [4.78, 5) is 4.34. The second-order valence-electron chi connectivity index (χ2n) is 5.65. The highest BCUT2D eigenvalue weighted by Crippen LogP contribution is 2.53. The minimum absolute atomic E-state index is 0.401. The van der Waals surface area contributed by atoms with Crippen molar-refractivity contribution in [2.45, 2.75) is 47.0 Å². The summed E-state index contributed by atoms with van der Waals surface area (Å²) in [6.07, 6.45) is 5.09. The van der Waals surface area contributed by atoms with E-state index < -0.39 is 0 Å². The number of hydrogen-bond donors (Lipinski definition) is 1. The van der Waals surface area contributed by atoms with Gasteiger partial charge in [0.1, 0.15) is 5.75 Å². The number of aryl methyl sites for hydroxylation is 1. The Hall–Kier alpha value is -1.05. The second kappa shape index (κ2) is 3.76. The molecule has 1 saturated carbocycles. The quantitative estimate of drug-likeness (QED) is 0.846. The Labute approximate surface area is 97.7 Å². The molecule has 1 fully saturated rings. The first-order chi connectivity index (χ1) is 7.45. The normalized spacial score (nSPS) is 22.1. The third-order valence-electron chi connectivity index (χ3n) is 4.01. The van der Waals surface area contributed by atoms with Gasteiger partial charge in [-0.05, 0) is 48.6 Å². The molecular formula is C14H21NO. The molecule has 0 saturated heterocycles. The van der Waals surface area contributed by atoms with Crippen molar-refractivity contribution in [3.8, 4) is 5.75 Å². The molecule has 0 spiro atoms. The van der Waals surface area contributed by atoms with Crippen LogP contribution in [0.3, 0.4) is 0 Å². The van der Waals surface area contributed by atoms with E-state index in [2.05, 4.69) is 18.8 Å². The minimum atomic E-state index is 0.401. The van der Waals surface area contributed by atoms with Crippen LogP contribution in [-0.4, -0.2) is 10.1 Å². The lowest BCUT2D eigenvalue weighted by molar-refractivity contribution is 0.458. The monoisotopic (exact) mass is 219 g/mol. The van der Waals surface area contributed by atoms with Gasteiger partial charge < -0.3 is 5.11 Å². The number of hydrogen-bond acceptors (Lipinski definition) is 2. The van der Waals surface area contributed by atoms with E-state index in [4.69, 9.17) is 0 Å². The van der Waals surface area contributed by atoms with Gasteiger partial charge in [-0.1, -0.05) is 20.8 Å². The zero-order valence-electron chi connectivity index (χ0n) is 10.7. The average Bonchev–Trinajstić information content (AvgIpc) is 2.82. The number of nitrogens with zero attached hydrogens (tertiary/aromatic N) is 1. The van der Waals surface area contributed by atoms with Crippen molar-refractivity contribution in [1.82, 2.24) is 4.98 Å². The highest BCUT2D eigenvalue weighted by Gasteiger charge is 2.45. The molecule has 0 aliphatic heterocycles. The lowest BCUT2D eigenvalue weighted by atomic mass is 9.99. The summed E-state index contributed by atoms with van der Waals surface area (Å²) in [6, 6.07) is 0. The molecule has 0 amide bonds. The van der Waals surface area contributed by atoms with Crippen LogP contribution in [0.5, 0.6) is 5.75 Å². The van der Waals surface area contributed by atoms with Crippen LogP contribution in [0.15, 0.2) is 6.20 Å². The molecule has 2 rings (SSSR count). The summed E-state index contributed by atoms with van der Waals surface area (Å²) in [6.45, 7) is 8.63. The molecular weight excluding hydrogens is 198 g/mol. The Kier molecular flexibility index (Phi) is 2.69. The van der Waals surface area contributed by atoms with Gasteiger partial charge in [0, 0.05) is 6.20 Å². The van der Waals surface area contributed by atoms with Crippen LogP contribution in [0.1, 0.15) is 44.0 Å². The SMILES string of the molecule is CCc1ncc(CC2CC2(C)C)c(C)c1O. The largest absolute Gasteiger partial charge is 0.506 e. The first kappa shape index (κ1) is 11.4. The maximum atomic E-state index is 9.98. The predicted molar refractivity (Wildman–Crippen MR) is 65.6 cm³/mol. The lowest BCUT2D eigenvalue weighted by Crippen LogP contribution is -2.00. The van der Waals surface area contributed by atoms with E-state index in [0.717, 1.165) is 30.0 Å². The summed E-state index contributed by atoms with van der Waals surface area (Å²) in [5.74, 6) is 1.17. The average molecular weight is 219 g/mol. The smallest absolute Gasteiger partial charge is 0.140 e. The van der Waals surface area contributed by atoms with Crippen LogP contribution in [-0.2, 0) is 12.8 Å². The zero-order valence-corrected chi connectivity index (χ0v) is 10.7. The van der Waals surface area contributed by atoms with Gasteiger partial charge in [0.05, 0.1) is 5.69 Å². The van der Waals surface area contributed by atoms with Crippen LogP contribution >= 0.6 is 0 Å². The molecule has 2 heteroatoms. The molecule has 1 heterocycles. The Morgan fingerprint density at radius 1 is 1.50 bits per heavy atom. The maximum Gasteiger partial charge on any atom is 0.140 e. The Balaban J connectivity index is 2.20. The fourth-order valence-corrected chi connectivity index (χ4v) is 2.34. The van der Waals surface area contributed by atoms with Crippen molar-refractivity contribution in [2.75, 3.05) is 0 Å². The van der Waals surface area contributed by atoms with Crippen molar-refractivity contribution in [2.24, 2.45) is 11.3 Å². The van der Waals surface area contributed by atoms with Gasteiger partial charge in [-0.15, -0.1) is 0 Å². The maximum absolute atomic E-state index is 9.98. The number of pyridine rings is 1. The fraction of sp³-hybridized carbons (Fsp3) is 0.643. The third kappa shape index (κ3) is 1.93. The van der Waals surface area contributed by atoms with Crippen LogP contribution in [0.25, 0.3) is 0 Å². The van der Waals surface area contributed by atoms with Gasteiger partial charge in [0.15, 0.2) is 0 Å². The third-order valence-corrected chi connectivity index (χ3v) is 4.01. The first-order valence-electron chi connectivity index (χ1n) is 6.12. The van der Waals surface area contributed by atoms with Gasteiger partial charge in [-0.3, -0.25) is 4.98 Å².